The van der Waals surface area contributed by atoms with E-state index in [0.29, 0.717) is 13.0 Å². The van der Waals surface area contributed by atoms with Crippen LogP contribution in [-0.2, 0) is 17.7 Å². The van der Waals surface area contributed by atoms with Gasteiger partial charge < -0.3 is 14.9 Å². The fraction of sp³-hybridized carbons (Fsp3) is 0.588. The van der Waals surface area contributed by atoms with Crippen molar-refractivity contribution in [1.29, 1.82) is 0 Å². The smallest absolute Gasteiger partial charge is 0.411 e. The zero-order valence-corrected chi connectivity index (χ0v) is 14.0. The van der Waals surface area contributed by atoms with E-state index in [1.54, 1.807) is 20.8 Å². The number of aliphatic hydroxyl groups excluding tert-OH is 1. The summed E-state index contributed by atoms with van der Waals surface area (Å²) in [5.41, 5.74) is 1.43. The molecule has 1 aliphatic heterocycles. The number of aliphatic hydroxyl groups is 2. The van der Waals surface area contributed by atoms with Crippen LogP contribution in [0.4, 0.5) is 4.79 Å². The summed E-state index contributed by atoms with van der Waals surface area (Å²) in [7, 11) is 0. The summed E-state index contributed by atoms with van der Waals surface area (Å²) in [6.45, 7) is 9.68. The van der Waals surface area contributed by atoms with Gasteiger partial charge in [-0.15, -0.1) is 0 Å². The van der Waals surface area contributed by atoms with Gasteiger partial charge in [0, 0.05) is 6.54 Å². The first kappa shape index (κ1) is 18.5. The Kier molecular flexibility index (Phi) is 6.38. The first-order valence-corrected chi connectivity index (χ1v) is 7.70. The molecule has 0 fully saturated rings. The van der Waals surface area contributed by atoms with E-state index in [9.17, 15) is 15.0 Å². The van der Waals surface area contributed by atoms with E-state index < -0.39 is 24.0 Å². The summed E-state index contributed by atoms with van der Waals surface area (Å²) < 4.78 is 5.34. The molecule has 1 atom stereocenters. The molecule has 1 aromatic rings. The van der Waals surface area contributed by atoms with Gasteiger partial charge in [0.2, 0.25) is 0 Å². The first-order chi connectivity index (χ1) is 10.3. The van der Waals surface area contributed by atoms with E-state index in [1.807, 2.05) is 38.1 Å². The summed E-state index contributed by atoms with van der Waals surface area (Å²) in [6, 6.07) is 7.01. The van der Waals surface area contributed by atoms with Crippen molar-refractivity contribution in [3.8, 4) is 0 Å². The SMILES string of the molecule is CC.CC(C)(C)OC(=O)N1Cc2ccccc2CC1C(O)O. The van der Waals surface area contributed by atoms with E-state index >= 15 is 0 Å². The van der Waals surface area contributed by atoms with E-state index in [1.165, 1.54) is 4.90 Å². The van der Waals surface area contributed by atoms with Gasteiger partial charge in [-0.25, -0.2) is 4.79 Å². The molecule has 1 aliphatic rings. The summed E-state index contributed by atoms with van der Waals surface area (Å²) >= 11 is 0. The number of carbonyl (C=O) groups excluding carboxylic acids is 1. The highest BCUT2D eigenvalue weighted by Gasteiger charge is 2.36. The van der Waals surface area contributed by atoms with Gasteiger partial charge in [0.05, 0.1) is 6.04 Å². The predicted molar refractivity (Wildman–Crippen MR) is 85.3 cm³/mol. The fourth-order valence-electron chi connectivity index (χ4n) is 2.33. The maximum Gasteiger partial charge on any atom is 0.411 e. The molecule has 1 amide bonds. The number of ether oxygens (including phenoxy) is 1. The Morgan fingerprint density at radius 1 is 1.23 bits per heavy atom. The number of amides is 1. The molecule has 2 N–H and O–H groups in total. The molecule has 0 aromatic heterocycles. The number of hydrogen-bond donors (Lipinski definition) is 2. The highest BCUT2D eigenvalue weighted by molar-refractivity contribution is 5.69. The van der Waals surface area contributed by atoms with Gasteiger partial charge in [0.15, 0.2) is 6.29 Å². The second kappa shape index (κ2) is 7.61. The summed E-state index contributed by atoms with van der Waals surface area (Å²) in [4.78, 5) is 13.6. The average molecular weight is 309 g/mol. The molecule has 124 valence electrons. The third-order valence-corrected chi connectivity index (χ3v) is 3.26. The van der Waals surface area contributed by atoms with Gasteiger partial charge in [-0.05, 0) is 38.3 Å². The van der Waals surface area contributed by atoms with Crippen molar-refractivity contribution in [3.05, 3.63) is 35.4 Å². The Labute approximate surface area is 132 Å². The Morgan fingerprint density at radius 2 is 1.77 bits per heavy atom. The summed E-state index contributed by atoms with van der Waals surface area (Å²) in [6.07, 6.45) is -1.70. The molecule has 0 saturated carbocycles. The maximum absolute atomic E-state index is 12.2. The molecule has 0 saturated heterocycles. The minimum atomic E-state index is -1.59. The number of hydrogen-bond acceptors (Lipinski definition) is 4. The van der Waals surface area contributed by atoms with Crippen LogP contribution in [0.25, 0.3) is 0 Å². The van der Waals surface area contributed by atoms with Crippen LogP contribution in [0.15, 0.2) is 24.3 Å². The van der Waals surface area contributed by atoms with Gasteiger partial charge in [-0.1, -0.05) is 38.1 Å². The van der Waals surface area contributed by atoms with Crippen molar-refractivity contribution in [1.82, 2.24) is 4.90 Å². The molecule has 22 heavy (non-hydrogen) atoms. The normalized spacial score (nSPS) is 17.5. The van der Waals surface area contributed by atoms with Crippen LogP contribution in [-0.4, -0.2) is 39.1 Å². The quantitative estimate of drug-likeness (QED) is 0.783. The summed E-state index contributed by atoms with van der Waals surface area (Å²) in [5, 5.41) is 19.1. The lowest BCUT2D eigenvalue weighted by Crippen LogP contribution is -2.51. The summed E-state index contributed by atoms with van der Waals surface area (Å²) in [5.74, 6) is 0. The van der Waals surface area contributed by atoms with E-state index in [2.05, 4.69) is 0 Å². The second-order valence-corrected chi connectivity index (χ2v) is 6.06. The minimum Gasteiger partial charge on any atom is -0.444 e. The Morgan fingerprint density at radius 3 is 2.27 bits per heavy atom. The lowest BCUT2D eigenvalue weighted by Gasteiger charge is -2.38. The second-order valence-electron chi connectivity index (χ2n) is 6.06. The molecule has 1 heterocycles. The first-order valence-electron chi connectivity index (χ1n) is 7.70. The van der Waals surface area contributed by atoms with Gasteiger partial charge in [0.25, 0.3) is 0 Å². The molecule has 1 aromatic carbocycles. The number of carbonyl (C=O) groups is 1. The van der Waals surface area contributed by atoms with E-state index in [4.69, 9.17) is 4.74 Å². The van der Waals surface area contributed by atoms with Crippen molar-refractivity contribution in [3.63, 3.8) is 0 Å². The average Bonchev–Trinajstić information content (AvgIpc) is 2.46. The molecule has 0 aliphatic carbocycles. The molecular formula is C17H27NO4. The van der Waals surface area contributed by atoms with Crippen LogP contribution in [0.5, 0.6) is 0 Å². The maximum atomic E-state index is 12.2. The van der Waals surface area contributed by atoms with E-state index in [-0.39, 0.29) is 0 Å². The predicted octanol–water partition coefficient (Wildman–Crippen LogP) is 2.69. The van der Waals surface area contributed by atoms with Crippen LogP contribution >= 0.6 is 0 Å². The molecule has 1 unspecified atom stereocenters. The lowest BCUT2D eigenvalue weighted by atomic mass is 9.94. The molecule has 0 bridgehead atoms. The van der Waals surface area contributed by atoms with Gasteiger partial charge >= 0.3 is 6.09 Å². The highest BCUT2D eigenvalue weighted by Crippen LogP contribution is 2.26. The zero-order chi connectivity index (χ0) is 16.9. The molecular weight excluding hydrogens is 282 g/mol. The number of fused-ring (bicyclic) bond motifs is 1. The Hall–Kier alpha value is -1.59. The van der Waals surface area contributed by atoms with Crippen molar-refractivity contribution >= 4 is 6.09 Å². The molecule has 5 heteroatoms. The number of rotatable bonds is 1. The topological polar surface area (TPSA) is 70.0 Å². The monoisotopic (exact) mass is 309 g/mol. The van der Waals surface area contributed by atoms with Crippen molar-refractivity contribution in [2.45, 2.75) is 65.5 Å². The van der Waals surface area contributed by atoms with Crippen LogP contribution in [0, 0.1) is 0 Å². The molecule has 0 spiro atoms. The number of nitrogens with zero attached hydrogens (tertiary/aromatic N) is 1. The van der Waals surface area contributed by atoms with Gasteiger partial charge in [-0.3, -0.25) is 4.90 Å². The lowest BCUT2D eigenvalue weighted by molar-refractivity contribution is -0.105. The fourth-order valence-corrected chi connectivity index (χ4v) is 2.33. The molecule has 0 radical (unpaired) electrons. The van der Waals surface area contributed by atoms with E-state index in [0.717, 1.165) is 11.1 Å². The standard InChI is InChI=1S/C15H21NO4.C2H6/c1-15(2,3)20-14(19)16-9-11-7-5-4-6-10(11)8-12(16)13(17)18;1-2/h4-7,12-13,17-18H,8-9H2,1-3H3;1-2H3. The van der Waals surface area contributed by atoms with Crippen LogP contribution < -0.4 is 0 Å². The van der Waals surface area contributed by atoms with Crippen LogP contribution in [0.3, 0.4) is 0 Å². The van der Waals surface area contributed by atoms with Crippen molar-refractivity contribution in [2.24, 2.45) is 0 Å². The van der Waals surface area contributed by atoms with Gasteiger partial charge in [-0.2, -0.15) is 0 Å². The minimum absolute atomic E-state index is 0.327. The van der Waals surface area contributed by atoms with Crippen LogP contribution in [0.2, 0.25) is 0 Å². The largest absolute Gasteiger partial charge is 0.444 e. The third kappa shape index (κ3) is 4.71. The Bertz CT molecular complexity index is 494. The number of benzene rings is 1. The zero-order valence-electron chi connectivity index (χ0n) is 14.0. The van der Waals surface area contributed by atoms with Crippen molar-refractivity contribution in [2.75, 3.05) is 0 Å². The van der Waals surface area contributed by atoms with Gasteiger partial charge in [0.1, 0.15) is 5.60 Å². The van der Waals surface area contributed by atoms with Crippen LogP contribution in [0.1, 0.15) is 45.7 Å². The molecule has 2 rings (SSSR count). The van der Waals surface area contributed by atoms with Crippen molar-refractivity contribution < 1.29 is 19.7 Å². The molecule has 5 nitrogen and oxygen atoms in total. The highest BCUT2D eigenvalue weighted by atomic mass is 16.6. The Balaban J connectivity index is 0.00000116. The third-order valence-electron chi connectivity index (χ3n) is 3.26.